The third kappa shape index (κ3) is 3.19. The number of aromatic nitrogens is 1. The smallest absolute Gasteiger partial charge is 0.416 e. The molecule has 1 aromatic heterocycles. The Morgan fingerprint density at radius 2 is 1.59 bits per heavy atom. The predicted octanol–water partition coefficient (Wildman–Crippen LogP) is 4.83. The average molecular weight is 303 g/mol. The van der Waals surface area contributed by atoms with Crippen molar-refractivity contribution in [2.75, 3.05) is 0 Å². The number of benzene rings is 2. The van der Waals surface area contributed by atoms with E-state index in [1.807, 2.05) is 36.4 Å². The molecular formula is C17H12F3NO. The van der Waals surface area contributed by atoms with Crippen LogP contribution in [0.5, 0.6) is 5.75 Å². The van der Waals surface area contributed by atoms with Crippen molar-refractivity contribution >= 4 is 10.9 Å². The summed E-state index contributed by atoms with van der Waals surface area (Å²) in [6, 6.07) is 16.1. The lowest BCUT2D eigenvalue weighted by atomic mass is 10.2. The first-order chi connectivity index (χ1) is 10.5. The van der Waals surface area contributed by atoms with Crippen LogP contribution in [0.25, 0.3) is 10.9 Å². The highest BCUT2D eigenvalue weighted by Gasteiger charge is 2.29. The second-order valence-corrected chi connectivity index (χ2v) is 4.81. The number of hydrogen-bond donors (Lipinski definition) is 0. The number of rotatable bonds is 3. The van der Waals surface area contributed by atoms with E-state index in [9.17, 15) is 13.2 Å². The molecule has 0 aliphatic rings. The van der Waals surface area contributed by atoms with Gasteiger partial charge in [0.05, 0.1) is 16.8 Å². The highest BCUT2D eigenvalue weighted by molar-refractivity contribution is 5.78. The summed E-state index contributed by atoms with van der Waals surface area (Å²) in [5, 5.41) is 1.03. The van der Waals surface area contributed by atoms with E-state index in [-0.39, 0.29) is 6.61 Å². The van der Waals surface area contributed by atoms with E-state index in [1.54, 1.807) is 0 Å². The molecule has 0 radical (unpaired) electrons. The highest BCUT2D eigenvalue weighted by Crippen LogP contribution is 2.30. The first-order valence-electron chi connectivity index (χ1n) is 6.67. The van der Waals surface area contributed by atoms with Gasteiger partial charge >= 0.3 is 6.18 Å². The Labute approximate surface area is 125 Å². The summed E-state index contributed by atoms with van der Waals surface area (Å²) in [6.45, 7) is 0.205. The zero-order valence-electron chi connectivity index (χ0n) is 11.5. The molecule has 1 heterocycles. The van der Waals surface area contributed by atoms with Crippen LogP contribution in [0, 0.1) is 0 Å². The zero-order chi connectivity index (χ0) is 15.6. The van der Waals surface area contributed by atoms with Crippen LogP contribution in [0.1, 0.15) is 11.3 Å². The van der Waals surface area contributed by atoms with Crippen LogP contribution in [0.3, 0.4) is 0 Å². The van der Waals surface area contributed by atoms with Gasteiger partial charge in [0.2, 0.25) is 0 Å². The lowest BCUT2D eigenvalue weighted by molar-refractivity contribution is -0.137. The Balaban J connectivity index is 1.71. The van der Waals surface area contributed by atoms with Crippen molar-refractivity contribution in [3.8, 4) is 5.75 Å². The van der Waals surface area contributed by atoms with Crippen molar-refractivity contribution in [1.29, 1.82) is 0 Å². The second kappa shape index (κ2) is 5.67. The minimum absolute atomic E-state index is 0.205. The first kappa shape index (κ1) is 14.4. The fraction of sp³-hybridized carbons (Fsp3) is 0.118. The monoisotopic (exact) mass is 303 g/mol. The molecule has 5 heteroatoms. The number of hydrogen-bond acceptors (Lipinski definition) is 2. The summed E-state index contributed by atoms with van der Waals surface area (Å²) in [6.07, 6.45) is -4.33. The van der Waals surface area contributed by atoms with Crippen molar-refractivity contribution in [3.05, 3.63) is 71.9 Å². The molecule has 0 atom stereocenters. The fourth-order valence-corrected chi connectivity index (χ4v) is 2.09. The maximum Gasteiger partial charge on any atom is 0.416 e. The van der Waals surface area contributed by atoms with Crippen molar-refractivity contribution in [1.82, 2.24) is 4.98 Å². The summed E-state index contributed by atoms with van der Waals surface area (Å²) in [7, 11) is 0. The largest absolute Gasteiger partial charge is 0.487 e. The van der Waals surface area contributed by atoms with E-state index >= 15 is 0 Å². The topological polar surface area (TPSA) is 22.1 Å². The van der Waals surface area contributed by atoms with Gasteiger partial charge in [0.1, 0.15) is 12.4 Å². The fourth-order valence-electron chi connectivity index (χ4n) is 2.09. The standard InChI is InChI=1S/C17H12F3NO/c18-17(19,20)13-6-9-15(10-7-13)22-11-14-8-5-12-3-1-2-4-16(12)21-14/h1-10H,11H2. The number of halogens is 3. The van der Waals surface area contributed by atoms with Crippen LogP contribution in [0.4, 0.5) is 13.2 Å². The third-order valence-electron chi connectivity index (χ3n) is 3.22. The van der Waals surface area contributed by atoms with E-state index in [0.717, 1.165) is 28.7 Å². The third-order valence-corrected chi connectivity index (χ3v) is 3.22. The maximum absolute atomic E-state index is 12.5. The van der Waals surface area contributed by atoms with Crippen LogP contribution in [-0.2, 0) is 12.8 Å². The van der Waals surface area contributed by atoms with Crippen LogP contribution < -0.4 is 4.74 Å². The van der Waals surface area contributed by atoms with Gasteiger partial charge in [-0.15, -0.1) is 0 Å². The average Bonchev–Trinajstić information content (AvgIpc) is 2.52. The molecule has 0 fully saturated rings. The lowest BCUT2D eigenvalue weighted by Gasteiger charge is -2.09. The highest BCUT2D eigenvalue weighted by atomic mass is 19.4. The minimum Gasteiger partial charge on any atom is -0.487 e. The summed E-state index contributed by atoms with van der Waals surface area (Å²) in [5.41, 5.74) is 0.887. The van der Waals surface area contributed by atoms with E-state index < -0.39 is 11.7 Å². The molecule has 0 aliphatic heterocycles. The van der Waals surface area contributed by atoms with Crippen LogP contribution >= 0.6 is 0 Å². The van der Waals surface area contributed by atoms with Crippen molar-refractivity contribution in [2.45, 2.75) is 12.8 Å². The van der Waals surface area contributed by atoms with E-state index in [0.29, 0.717) is 5.75 Å². The predicted molar refractivity (Wildman–Crippen MR) is 77.5 cm³/mol. The van der Waals surface area contributed by atoms with Crippen LogP contribution in [-0.4, -0.2) is 4.98 Å². The Morgan fingerprint density at radius 3 is 2.32 bits per heavy atom. The number of pyridine rings is 1. The van der Waals surface area contributed by atoms with Gasteiger partial charge in [0.25, 0.3) is 0 Å². The van der Waals surface area contributed by atoms with Crippen LogP contribution in [0.15, 0.2) is 60.7 Å². The number of fused-ring (bicyclic) bond motifs is 1. The van der Waals surface area contributed by atoms with E-state index in [4.69, 9.17) is 4.74 Å². The van der Waals surface area contributed by atoms with Crippen molar-refractivity contribution < 1.29 is 17.9 Å². The molecule has 0 aliphatic carbocycles. The van der Waals surface area contributed by atoms with Gasteiger partial charge in [-0.3, -0.25) is 0 Å². The van der Waals surface area contributed by atoms with E-state index in [2.05, 4.69) is 4.98 Å². The SMILES string of the molecule is FC(F)(F)c1ccc(OCc2ccc3ccccc3n2)cc1. The number of para-hydroxylation sites is 1. The quantitative estimate of drug-likeness (QED) is 0.691. The van der Waals surface area contributed by atoms with Gasteiger partial charge in [-0.05, 0) is 36.4 Å². The molecule has 0 saturated carbocycles. The number of ether oxygens (including phenoxy) is 1. The first-order valence-corrected chi connectivity index (χ1v) is 6.67. The Bertz CT molecular complexity index is 782. The molecule has 3 aromatic rings. The Morgan fingerprint density at radius 1 is 0.864 bits per heavy atom. The lowest BCUT2D eigenvalue weighted by Crippen LogP contribution is -2.04. The Hall–Kier alpha value is -2.56. The molecule has 0 amide bonds. The molecule has 0 saturated heterocycles. The summed E-state index contributed by atoms with van der Waals surface area (Å²) in [5.74, 6) is 0.378. The molecule has 0 bridgehead atoms. The molecule has 0 N–H and O–H groups in total. The molecule has 112 valence electrons. The molecule has 2 aromatic carbocycles. The zero-order valence-corrected chi connectivity index (χ0v) is 11.5. The van der Waals surface area contributed by atoms with Crippen molar-refractivity contribution in [3.63, 3.8) is 0 Å². The van der Waals surface area contributed by atoms with Crippen molar-refractivity contribution in [2.24, 2.45) is 0 Å². The molecule has 0 spiro atoms. The molecular weight excluding hydrogens is 291 g/mol. The van der Waals surface area contributed by atoms with Gasteiger partial charge in [0.15, 0.2) is 0 Å². The second-order valence-electron chi connectivity index (χ2n) is 4.81. The van der Waals surface area contributed by atoms with E-state index in [1.165, 1.54) is 12.1 Å². The minimum atomic E-state index is -4.33. The summed E-state index contributed by atoms with van der Waals surface area (Å²) in [4.78, 5) is 4.44. The van der Waals surface area contributed by atoms with Gasteiger partial charge in [-0.2, -0.15) is 13.2 Å². The maximum atomic E-state index is 12.5. The normalized spacial score (nSPS) is 11.6. The molecule has 2 nitrogen and oxygen atoms in total. The van der Waals surface area contributed by atoms with Gasteiger partial charge in [-0.1, -0.05) is 24.3 Å². The van der Waals surface area contributed by atoms with Crippen LogP contribution in [0.2, 0.25) is 0 Å². The van der Waals surface area contributed by atoms with Gasteiger partial charge < -0.3 is 4.74 Å². The molecule has 3 rings (SSSR count). The Kier molecular flexibility index (Phi) is 3.71. The molecule has 0 unspecified atom stereocenters. The summed E-state index contributed by atoms with van der Waals surface area (Å²) < 4.78 is 42.9. The number of alkyl halides is 3. The summed E-state index contributed by atoms with van der Waals surface area (Å²) >= 11 is 0. The number of nitrogens with zero attached hydrogens (tertiary/aromatic N) is 1. The van der Waals surface area contributed by atoms with Gasteiger partial charge in [0, 0.05) is 5.39 Å². The molecule has 22 heavy (non-hydrogen) atoms. The van der Waals surface area contributed by atoms with Gasteiger partial charge in [-0.25, -0.2) is 4.98 Å².